The largest absolute Gasteiger partial charge is 0.381 e. The summed E-state index contributed by atoms with van der Waals surface area (Å²) >= 11 is 3.56. The van der Waals surface area contributed by atoms with Gasteiger partial charge < -0.3 is 5.32 Å². The number of aromatic nitrogens is 1. The molecule has 3 rings (SSSR count). The molecule has 20 heavy (non-hydrogen) atoms. The smallest absolute Gasteiger partial charge is 0.0422 e. The number of rotatable bonds is 3. The lowest BCUT2D eigenvalue weighted by atomic mass is 10.1. The molecule has 3 aromatic rings. The van der Waals surface area contributed by atoms with E-state index >= 15 is 0 Å². The third kappa shape index (κ3) is 2.68. The molecule has 0 aliphatic heterocycles. The minimum atomic E-state index is 0.768. The number of hydrogen-bond donors (Lipinski definition) is 1. The lowest BCUT2D eigenvalue weighted by Crippen LogP contribution is -2.00. The van der Waals surface area contributed by atoms with Crippen molar-refractivity contribution < 1.29 is 0 Å². The maximum atomic E-state index is 4.31. The number of hydrogen-bond acceptors (Lipinski definition) is 2. The molecule has 3 heteroatoms. The van der Waals surface area contributed by atoms with E-state index in [1.54, 1.807) is 0 Å². The van der Waals surface area contributed by atoms with Gasteiger partial charge in [0.1, 0.15) is 0 Å². The van der Waals surface area contributed by atoms with Crippen LogP contribution in [0.5, 0.6) is 0 Å². The summed E-state index contributed by atoms with van der Waals surface area (Å²) in [5.41, 5.74) is 3.55. The fraction of sp³-hybridized carbons (Fsp3) is 0.118. The summed E-state index contributed by atoms with van der Waals surface area (Å²) in [6.45, 7) is 2.85. The van der Waals surface area contributed by atoms with Gasteiger partial charge in [0.25, 0.3) is 0 Å². The zero-order chi connectivity index (χ0) is 13.9. The summed E-state index contributed by atoms with van der Waals surface area (Å²) in [6, 6.07) is 14.6. The summed E-state index contributed by atoms with van der Waals surface area (Å²) in [7, 11) is 0. The Kier molecular flexibility index (Phi) is 3.70. The normalized spacial score (nSPS) is 10.7. The number of aryl methyl sites for hydroxylation is 1. The van der Waals surface area contributed by atoms with Gasteiger partial charge in [-0.15, -0.1) is 0 Å². The minimum absolute atomic E-state index is 0.768. The predicted molar refractivity (Wildman–Crippen MR) is 87.9 cm³/mol. The van der Waals surface area contributed by atoms with E-state index in [-0.39, 0.29) is 0 Å². The highest BCUT2D eigenvalue weighted by atomic mass is 79.9. The van der Waals surface area contributed by atoms with Crippen LogP contribution in [0, 0.1) is 6.92 Å². The molecule has 1 heterocycles. The van der Waals surface area contributed by atoms with Crippen LogP contribution in [0.15, 0.2) is 59.3 Å². The van der Waals surface area contributed by atoms with Crippen LogP contribution in [0.25, 0.3) is 10.8 Å². The van der Waals surface area contributed by atoms with Crippen molar-refractivity contribution >= 4 is 32.4 Å². The first-order chi connectivity index (χ1) is 9.74. The average Bonchev–Trinajstić information content (AvgIpc) is 2.48. The fourth-order valence-electron chi connectivity index (χ4n) is 2.22. The Morgan fingerprint density at radius 3 is 2.80 bits per heavy atom. The standard InChI is InChI=1S/C17H15BrN2/c1-12-6-7-15(8-17(12)18)20-11-14-10-19-9-13-4-2-3-5-16(13)14/h2-10,20H,11H2,1H3. The molecule has 0 aliphatic rings. The molecule has 0 bridgehead atoms. The minimum Gasteiger partial charge on any atom is -0.381 e. The van der Waals surface area contributed by atoms with Gasteiger partial charge in [0, 0.05) is 34.5 Å². The van der Waals surface area contributed by atoms with E-state index in [0.29, 0.717) is 0 Å². The number of nitrogens with zero attached hydrogens (tertiary/aromatic N) is 1. The fourth-order valence-corrected chi connectivity index (χ4v) is 2.60. The molecule has 0 aliphatic carbocycles. The molecule has 0 atom stereocenters. The Morgan fingerprint density at radius 2 is 1.95 bits per heavy atom. The van der Waals surface area contributed by atoms with Crippen LogP contribution in [0.2, 0.25) is 0 Å². The zero-order valence-electron chi connectivity index (χ0n) is 11.2. The average molecular weight is 327 g/mol. The Morgan fingerprint density at radius 1 is 1.10 bits per heavy atom. The van der Waals surface area contributed by atoms with Crippen molar-refractivity contribution in [3.05, 3.63) is 70.5 Å². The monoisotopic (exact) mass is 326 g/mol. The van der Waals surface area contributed by atoms with Crippen LogP contribution < -0.4 is 5.32 Å². The Balaban J connectivity index is 1.85. The molecule has 0 saturated heterocycles. The molecule has 1 N–H and O–H groups in total. The van der Waals surface area contributed by atoms with Crippen molar-refractivity contribution in [1.82, 2.24) is 4.98 Å². The van der Waals surface area contributed by atoms with Crippen LogP contribution in [-0.2, 0) is 6.54 Å². The lowest BCUT2D eigenvalue weighted by molar-refractivity contribution is 1.13. The van der Waals surface area contributed by atoms with Gasteiger partial charge in [-0.3, -0.25) is 4.98 Å². The Labute approximate surface area is 127 Å². The highest BCUT2D eigenvalue weighted by Crippen LogP contribution is 2.22. The highest BCUT2D eigenvalue weighted by Gasteiger charge is 2.02. The van der Waals surface area contributed by atoms with E-state index in [2.05, 4.69) is 69.6 Å². The second-order valence-corrected chi connectivity index (χ2v) is 5.69. The first-order valence-corrected chi connectivity index (χ1v) is 7.35. The maximum Gasteiger partial charge on any atom is 0.0422 e. The molecule has 100 valence electrons. The Hall–Kier alpha value is -1.87. The van der Waals surface area contributed by atoms with Gasteiger partial charge in [0.15, 0.2) is 0 Å². The summed E-state index contributed by atoms with van der Waals surface area (Å²) in [4.78, 5) is 4.31. The molecular formula is C17H15BrN2. The van der Waals surface area contributed by atoms with Gasteiger partial charge in [0.05, 0.1) is 0 Å². The number of halogens is 1. The van der Waals surface area contributed by atoms with E-state index in [1.165, 1.54) is 21.9 Å². The van der Waals surface area contributed by atoms with E-state index in [4.69, 9.17) is 0 Å². The van der Waals surface area contributed by atoms with Crippen LogP contribution in [-0.4, -0.2) is 4.98 Å². The molecular weight excluding hydrogens is 312 g/mol. The molecule has 0 saturated carbocycles. The van der Waals surface area contributed by atoms with Crippen molar-refractivity contribution in [3.63, 3.8) is 0 Å². The third-order valence-corrected chi connectivity index (χ3v) is 4.26. The molecule has 2 aromatic carbocycles. The number of fused-ring (bicyclic) bond motifs is 1. The van der Waals surface area contributed by atoms with E-state index in [9.17, 15) is 0 Å². The summed E-state index contributed by atoms with van der Waals surface area (Å²) in [5.74, 6) is 0. The van der Waals surface area contributed by atoms with E-state index < -0.39 is 0 Å². The number of pyridine rings is 1. The Bertz CT molecular complexity index is 748. The number of anilines is 1. The zero-order valence-corrected chi connectivity index (χ0v) is 12.8. The van der Waals surface area contributed by atoms with E-state index in [1.807, 2.05) is 18.5 Å². The second kappa shape index (κ2) is 5.63. The quantitative estimate of drug-likeness (QED) is 0.739. The van der Waals surface area contributed by atoms with Crippen LogP contribution in [0.4, 0.5) is 5.69 Å². The van der Waals surface area contributed by atoms with Gasteiger partial charge in [-0.2, -0.15) is 0 Å². The molecule has 0 spiro atoms. The van der Waals surface area contributed by atoms with Gasteiger partial charge in [-0.1, -0.05) is 46.3 Å². The van der Waals surface area contributed by atoms with Gasteiger partial charge in [0.2, 0.25) is 0 Å². The SMILES string of the molecule is Cc1ccc(NCc2cncc3ccccc23)cc1Br. The van der Waals surface area contributed by atoms with Crippen LogP contribution in [0.1, 0.15) is 11.1 Å². The first kappa shape index (κ1) is 13.1. The van der Waals surface area contributed by atoms with Gasteiger partial charge >= 0.3 is 0 Å². The molecule has 0 fully saturated rings. The predicted octanol–water partition coefficient (Wildman–Crippen LogP) is 4.92. The molecule has 0 radical (unpaired) electrons. The second-order valence-electron chi connectivity index (χ2n) is 4.84. The lowest BCUT2D eigenvalue weighted by Gasteiger charge is -2.10. The van der Waals surface area contributed by atoms with Gasteiger partial charge in [-0.25, -0.2) is 0 Å². The summed E-state index contributed by atoms with van der Waals surface area (Å²) < 4.78 is 1.12. The van der Waals surface area contributed by atoms with E-state index in [0.717, 1.165) is 16.7 Å². The highest BCUT2D eigenvalue weighted by molar-refractivity contribution is 9.10. The number of nitrogens with one attached hydrogen (secondary N) is 1. The van der Waals surface area contributed by atoms with Crippen molar-refractivity contribution in [2.45, 2.75) is 13.5 Å². The van der Waals surface area contributed by atoms with Crippen molar-refractivity contribution in [3.8, 4) is 0 Å². The van der Waals surface area contributed by atoms with Crippen LogP contribution in [0.3, 0.4) is 0 Å². The molecule has 2 nitrogen and oxygen atoms in total. The van der Waals surface area contributed by atoms with Crippen LogP contribution >= 0.6 is 15.9 Å². The maximum absolute atomic E-state index is 4.31. The third-order valence-electron chi connectivity index (χ3n) is 3.41. The number of benzene rings is 2. The van der Waals surface area contributed by atoms with Crippen molar-refractivity contribution in [1.29, 1.82) is 0 Å². The van der Waals surface area contributed by atoms with Crippen molar-refractivity contribution in [2.75, 3.05) is 5.32 Å². The van der Waals surface area contributed by atoms with Crippen molar-refractivity contribution in [2.24, 2.45) is 0 Å². The topological polar surface area (TPSA) is 24.9 Å². The summed E-state index contributed by atoms with van der Waals surface area (Å²) in [6.07, 6.45) is 3.83. The molecule has 0 unspecified atom stereocenters. The first-order valence-electron chi connectivity index (χ1n) is 6.56. The summed E-state index contributed by atoms with van der Waals surface area (Å²) in [5, 5.41) is 5.88. The van der Waals surface area contributed by atoms with Gasteiger partial charge in [-0.05, 0) is 35.6 Å². The molecule has 1 aromatic heterocycles. The molecule has 0 amide bonds.